The lowest BCUT2D eigenvalue weighted by atomic mass is 10.1. The topological polar surface area (TPSA) is 30.9 Å². The fraction of sp³-hybridized carbons (Fsp3) is 0.176. The second-order valence-corrected chi connectivity index (χ2v) is 4.85. The van der Waals surface area contributed by atoms with Crippen LogP contribution in [0.4, 0.5) is 5.69 Å². The molecule has 0 fully saturated rings. The normalized spacial score (nSPS) is 11.0. The zero-order valence-electron chi connectivity index (χ0n) is 11.1. The van der Waals surface area contributed by atoms with Crippen LogP contribution in [0.3, 0.4) is 0 Å². The monoisotopic (exact) mass is 250 g/mol. The molecule has 0 amide bonds. The van der Waals surface area contributed by atoms with Gasteiger partial charge in [-0.1, -0.05) is 43.3 Å². The lowest BCUT2D eigenvalue weighted by molar-refractivity contribution is 0.833. The van der Waals surface area contributed by atoms with Crippen molar-refractivity contribution >= 4 is 16.6 Å². The molecule has 0 spiro atoms. The Labute approximate surface area is 113 Å². The van der Waals surface area contributed by atoms with Gasteiger partial charge in [-0.3, -0.25) is 0 Å². The van der Waals surface area contributed by atoms with Crippen molar-refractivity contribution in [1.82, 2.24) is 4.57 Å². The molecule has 0 aliphatic carbocycles. The van der Waals surface area contributed by atoms with E-state index in [1.807, 2.05) is 18.2 Å². The molecular formula is C17H18N2. The standard InChI is InChI=1S/C17H18N2/c1-2-13-7-5-8-14-10-11-19(17(13)14)12-15-6-3-4-9-16(15)18/h3-11H,2,12,18H2,1H3. The van der Waals surface area contributed by atoms with Gasteiger partial charge in [0.1, 0.15) is 0 Å². The van der Waals surface area contributed by atoms with Crippen molar-refractivity contribution in [3.8, 4) is 0 Å². The Morgan fingerprint density at radius 1 is 0.947 bits per heavy atom. The summed E-state index contributed by atoms with van der Waals surface area (Å²) in [5.41, 5.74) is 10.8. The molecule has 0 aliphatic rings. The van der Waals surface area contributed by atoms with Crippen LogP contribution in [-0.2, 0) is 13.0 Å². The minimum Gasteiger partial charge on any atom is -0.398 e. The molecule has 0 aliphatic heterocycles. The van der Waals surface area contributed by atoms with E-state index in [4.69, 9.17) is 5.73 Å². The molecule has 2 aromatic carbocycles. The number of nitrogen functional groups attached to an aromatic ring is 1. The molecule has 2 heteroatoms. The second-order valence-electron chi connectivity index (χ2n) is 4.85. The van der Waals surface area contributed by atoms with Crippen molar-refractivity contribution in [1.29, 1.82) is 0 Å². The van der Waals surface area contributed by atoms with E-state index in [-0.39, 0.29) is 0 Å². The van der Waals surface area contributed by atoms with Gasteiger partial charge in [-0.25, -0.2) is 0 Å². The highest BCUT2D eigenvalue weighted by atomic mass is 15.0. The number of fused-ring (bicyclic) bond motifs is 1. The van der Waals surface area contributed by atoms with Crippen LogP contribution in [0.5, 0.6) is 0 Å². The third kappa shape index (κ3) is 2.10. The lowest BCUT2D eigenvalue weighted by Gasteiger charge is -2.10. The largest absolute Gasteiger partial charge is 0.398 e. The number of benzene rings is 2. The molecule has 1 aromatic heterocycles. The molecule has 0 unspecified atom stereocenters. The number of hydrogen-bond donors (Lipinski definition) is 1. The van der Waals surface area contributed by atoms with Gasteiger partial charge in [0.15, 0.2) is 0 Å². The molecule has 3 rings (SSSR count). The lowest BCUT2D eigenvalue weighted by Crippen LogP contribution is -2.02. The summed E-state index contributed by atoms with van der Waals surface area (Å²) < 4.78 is 2.29. The van der Waals surface area contributed by atoms with E-state index in [1.165, 1.54) is 22.0 Å². The van der Waals surface area contributed by atoms with Crippen molar-refractivity contribution in [3.63, 3.8) is 0 Å². The van der Waals surface area contributed by atoms with Gasteiger partial charge in [0.25, 0.3) is 0 Å². The summed E-state index contributed by atoms with van der Waals surface area (Å²) in [6.45, 7) is 3.02. The fourth-order valence-corrected chi connectivity index (χ4v) is 2.62. The zero-order valence-corrected chi connectivity index (χ0v) is 11.1. The minimum absolute atomic E-state index is 0.827. The highest BCUT2D eigenvalue weighted by Crippen LogP contribution is 2.23. The first-order chi connectivity index (χ1) is 9.29. The quantitative estimate of drug-likeness (QED) is 0.704. The Kier molecular flexibility index (Phi) is 3.00. The third-order valence-electron chi connectivity index (χ3n) is 3.65. The molecule has 3 aromatic rings. The van der Waals surface area contributed by atoms with Gasteiger partial charge in [0, 0.05) is 18.4 Å². The number of rotatable bonds is 3. The SMILES string of the molecule is CCc1cccc2ccn(Cc3ccccc3N)c12. The average Bonchev–Trinajstić information content (AvgIpc) is 2.85. The number of hydrogen-bond acceptors (Lipinski definition) is 1. The maximum Gasteiger partial charge on any atom is 0.0515 e. The molecule has 0 bridgehead atoms. The first-order valence-corrected chi connectivity index (χ1v) is 6.69. The van der Waals surface area contributed by atoms with Gasteiger partial charge >= 0.3 is 0 Å². The van der Waals surface area contributed by atoms with Crippen molar-refractivity contribution < 1.29 is 0 Å². The van der Waals surface area contributed by atoms with E-state index in [9.17, 15) is 0 Å². The molecule has 0 radical (unpaired) electrons. The summed E-state index contributed by atoms with van der Waals surface area (Å²) in [6, 6.07) is 16.7. The molecule has 0 saturated heterocycles. The van der Waals surface area contributed by atoms with Crippen LogP contribution in [-0.4, -0.2) is 4.57 Å². The van der Waals surface area contributed by atoms with Crippen molar-refractivity contribution in [2.24, 2.45) is 0 Å². The molecule has 96 valence electrons. The number of nitrogens with zero attached hydrogens (tertiary/aromatic N) is 1. The zero-order chi connectivity index (χ0) is 13.2. The molecule has 2 N–H and O–H groups in total. The van der Waals surface area contributed by atoms with Crippen LogP contribution in [0.15, 0.2) is 54.7 Å². The van der Waals surface area contributed by atoms with Crippen molar-refractivity contribution in [2.45, 2.75) is 19.9 Å². The molecular weight excluding hydrogens is 232 g/mol. The van der Waals surface area contributed by atoms with E-state index >= 15 is 0 Å². The third-order valence-corrected chi connectivity index (χ3v) is 3.65. The Morgan fingerprint density at radius 3 is 2.53 bits per heavy atom. The van der Waals surface area contributed by atoms with Crippen LogP contribution in [0.2, 0.25) is 0 Å². The molecule has 0 atom stereocenters. The molecule has 0 saturated carbocycles. The summed E-state index contributed by atoms with van der Waals surface area (Å²) in [7, 11) is 0. The van der Waals surface area contributed by atoms with Gasteiger partial charge in [-0.15, -0.1) is 0 Å². The van der Waals surface area contributed by atoms with Gasteiger partial charge < -0.3 is 10.3 Å². The minimum atomic E-state index is 0.827. The summed E-state index contributed by atoms with van der Waals surface area (Å²) >= 11 is 0. The molecule has 19 heavy (non-hydrogen) atoms. The molecule has 2 nitrogen and oxygen atoms in total. The van der Waals surface area contributed by atoms with E-state index in [0.29, 0.717) is 0 Å². The van der Waals surface area contributed by atoms with Crippen LogP contribution in [0, 0.1) is 0 Å². The highest BCUT2D eigenvalue weighted by Gasteiger charge is 2.06. The average molecular weight is 250 g/mol. The predicted octanol–water partition coefficient (Wildman–Crippen LogP) is 3.83. The number of nitrogens with two attached hydrogens (primary N) is 1. The van der Waals surface area contributed by atoms with Crippen LogP contribution in [0.1, 0.15) is 18.1 Å². The van der Waals surface area contributed by atoms with Crippen LogP contribution in [0.25, 0.3) is 10.9 Å². The smallest absolute Gasteiger partial charge is 0.0515 e. The Bertz CT molecular complexity index is 710. The Balaban J connectivity index is 2.09. The first kappa shape index (κ1) is 11.8. The number of para-hydroxylation sites is 2. The van der Waals surface area contributed by atoms with Crippen molar-refractivity contribution in [2.75, 3.05) is 5.73 Å². The van der Waals surface area contributed by atoms with Gasteiger partial charge in [0.05, 0.1) is 5.52 Å². The Morgan fingerprint density at radius 2 is 1.74 bits per heavy atom. The van der Waals surface area contributed by atoms with E-state index in [2.05, 4.69) is 48.0 Å². The van der Waals surface area contributed by atoms with E-state index in [1.54, 1.807) is 0 Å². The summed E-state index contributed by atoms with van der Waals surface area (Å²) in [5.74, 6) is 0. The van der Waals surface area contributed by atoms with Gasteiger partial charge in [-0.2, -0.15) is 0 Å². The number of aromatic nitrogens is 1. The van der Waals surface area contributed by atoms with Gasteiger partial charge in [0.2, 0.25) is 0 Å². The van der Waals surface area contributed by atoms with E-state index < -0.39 is 0 Å². The number of aryl methyl sites for hydroxylation is 1. The maximum absolute atomic E-state index is 6.04. The Hall–Kier alpha value is -2.22. The summed E-state index contributed by atoms with van der Waals surface area (Å²) in [5, 5.41) is 1.30. The van der Waals surface area contributed by atoms with Crippen molar-refractivity contribution in [3.05, 3.63) is 65.9 Å². The van der Waals surface area contributed by atoms with Crippen LogP contribution < -0.4 is 5.73 Å². The molecule has 1 heterocycles. The first-order valence-electron chi connectivity index (χ1n) is 6.69. The number of anilines is 1. The predicted molar refractivity (Wildman–Crippen MR) is 81.3 cm³/mol. The summed E-state index contributed by atoms with van der Waals surface area (Å²) in [6.07, 6.45) is 3.20. The second kappa shape index (κ2) is 4.81. The van der Waals surface area contributed by atoms with Gasteiger partial charge in [-0.05, 0) is 35.1 Å². The van der Waals surface area contributed by atoms with E-state index in [0.717, 1.165) is 18.7 Å². The van der Waals surface area contributed by atoms with Crippen LogP contribution >= 0.6 is 0 Å². The fourth-order valence-electron chi connectivity index (χ4n) is 2.62. The highest BCUT2D eigenvalue weighted by molar-refractivity contribution is 5.83. The maximum atomic E-state index is 6.04. The summed E-state index contributed by atoms with van der Waals surface area (Å²) in [4.78, 5) is 0.